The molecule has 0 aromatic carbocycles. The number of rotatable bonds is 9. The minimum Gasteiger partial charge on any atom is -0.469 e. The van der Waals surface area contributed by atoms with Crippen LogP contribution in [0.25, 0.3) is 0 Å². The molecule has 0 aliphatic rings. The van der Waals surface area contributed by atoms with Crippen molar-refractivity contribution in [2.24, 2.45) is 10.7 Å². The van der Waals surface area contributed by atoms with Crippen molar-refractivity contribution >= 4 is 35.9 Å². The lowest BCUT2D eigenvalue weighted by atomic mass is 10.2. The molecule has 0 fully saturated rings. The van der Waals surface area contributed by atoms with Crippen molar-refractivity contribution in [2.75, 3.05) is 20.2 Å². The van der Waals surface area contributed by atoms with Gasteiger partial charge in [0.2, 0.25) is 0 Å². The van der Waals surface area contributed by atoms with Crippen LogP contribution in [0, 0.1) is 0 Å². The van der Waals surface area contributed by atoms with E-state index in [0.717, 1.165) is 38.6 Å². The van der Waals surface area contributed by atoms with Gasteiger partial charge in [0, 0.05) is 19.5 Å². The number of methoxy groups -OCH3 is 1. The number of nitrogens with two attached hydrogens (primary N) is 1. The first-order valence-electron chi connectivity index (χ1n) is 6.31. The highest BCUT2D eigenvalue weighted by Crippen LogP contribution is 2.00. The Labute approximate surface area is 127 Å². The summed E-state index contributed by atoms with van der Waals surface area (Å²) < 4.78 is 4.55. The molecule has 5 nitrogen and oxygen atoms in total. The van der Waals surface area contributed by atoms with E-state index < -0.39 is 0 Å². The van der Waals surface area contributed by atoms with Gasteiger partial charge in [0.05, 0.1) is 7.11 Å². The highest BCUT2D eigenvalue weighted by molar-refractivity contribution is 14.0. The standard InChI is InChI=1S/C12H25N3O2.HI/c1-3-4-9-14-12(13)15-10-7-5-6-8-11(16)17-2;/h3-10H2,1-2H3,(H3,13,14,15);1H. The van der Waals surface area contributed by atoms with Crippen LogP contribution in [0.1, 0.15) is 45.4 Å². The Bertz CT molecular complexity index is 235. The lowest BCUT2D eigenvalue weighted by Gasteiger charge is -2.04. The zero-order valence-electron chi connectivity index (χ0n) is 11.4. The average molecular weight is 371 g/mol. The minimum atomic E-state index is -0.144. The molecule has 0 aromatic heterocycles. The normalized spacial score (nSPS) is 10.7. The van der Waals surface area contributed by atoms with E-state index in [1.54, 1.807) is 0 Å². The Hall–Kier alpha value is -0.530. The summed E-state index contributed by atoms with van der Waals surface area (Å²) in [7, 11) is 1.41. The Balaban J connectivity index is 0. The van der Waals surface area contributed by atoms with Crippen LogP contribution < -0.4 is 11.1 Å². The minimum absolute atomic E-state index is 0. The third-order valence-corrected chi connectivity index (χ3v) is 2.39. The van der Waals surface area contributed by atoms with Gasteiger partial charge in [-0.2, -0.15) is 0 Å². The predicted octanol–water partition coefficient (Wildman–Crippen LogP) is 2.04. The molecule has 0 saturated heterocycles. The van der Waals surface area contributed by atoms with Crippen LogP contribution in [0.2, 0.25) is 0 Å². The van der Waals surface area contributed by atoms with Gasteiger partial charge in [-0.05, 0) is 19.3 Å². The maximum absolute atomic E-state index is 10.8. The number of aliphatic imine (C=N–C) groups is 1. The van der Waals surface area contributed by atoms with E-state index in [9.17, 15) is 4.79 Å². The summed E-state index contributed by atoms with van der Waals surface area (Å²) in [5.41, 5.74) is 5.66. The van der Waals surface area contributed by atoms with Gasteiger partial charge < -0.3 is 15.8 Å². The van der Waals surface area contributed by atoms with E-state index >= 15 is 0 Å². The molecule has 0 heterocycles. The summed E-state index contributed by atoms with van der Waals surface area (Å²) >= 11 is 0. The van der Waals surface area contributed by atoms with Gasteiger partial charge in [0.1, 0.15) is 0 Å². The second-order valence-electron chi connectivity index (χ2n) is 3.93. The summed E-state index contributed by atoms with van der Waals surface area (Å²) in [5.74, 6) is 0.376. The summed E-state index contributed by atoms with van der Waals surface area (Å²) in [6.45, 7) is 3.73. The van der Waals surface area contributed by atoms with Crippen LogP contribution in [0.3, 0.4) is 0 Å². The van der Waals surface area contributed by atoms with Crippen molar-refractivity contribution < 1.29 is 9.53 Å². The van der Waals surface area contributed by atoms with E-state index in [-0.39, 0.29) is 29.9 Å². The third-order valence-electron chi connectivity index (χ3n) is 2.39. The Morgan fingerprint density at radius 1 is 1.28 bits per heavy atom. The first-order valence-corrected chi connectivity index (χ1v) is 6.31. The first-order chi connectivity index (χ1) is 8.20. The molecule has 0 aromatic rings. The van der Waals surface area contributed by atoms with Gasteiger partial charge in [-0.25, -0.2) is 0 Å². The van der Waals surface area contributed by atoms with Crippen LogP contribution in [0.4, 0.5) is 0 Å². The predicted molar refractivity (Wildman–Crippen MR) is 85.3 cm³/mol. The fourth-order valence-corrected chi connectivity index (χ4v) is 1.31. The molecule has 0 aliphatic heterocycles. The molecule has 6 heteroatoms. The number of nitrogens with one attached hydrogen (secondary N) is 1. The molecule has 0 bridgehead atoms. The van der Waals surface area contributed by atoms with Crippen LogP contribution in [0.5, 0.6) is 0 Å². The molecule has 0 atom stereocenters. The molecule has 0 rings (SSSR count). The summed E-state index contributed by atoms with van der Waals surface area (Å²) in [5, 5.41) is 3.06. The van der Waals surface area contributed by atoms with Gasteiger partial charge >= 0.3 is 5.97 Å². The molecule has 0 spiro atoms. The quantitative estimate of drug-likeness (QED) is 0.214. The number of unbranched alkanes of at least 4 members (excludes halogenated alkanes) is 3. The monoisotopic (exact) mass is 371 g/mol. The second kappa shape index (κ2) is 14.5. The number of esters is 1. The maximum atomic E-state index is 10.8. The number of guanidine groups is 1. The van der Waals surface area contributed by atoms with E-state index in [1.807, 2.05) is 0 Å². The third kappa shape index (κ3) is 13.5. The zero-order valence-corrected chi connectivity index (χ0v) is 13.7. The Morgan fingerprint density at radius 2 is 2.00 bits per heavy atom. The SMILES string of the molecule is CCCCNC(N)=NCCCCCC(=O)OC.I. The van der Waals surface area contributed by atoms with E-state index in [4.69, 9.17) is 5.73 Å². The average Bonchev–Trinajstić information content (AvgIpc) is 2.33. The van der Waals surface area contributed by atoms with Gasteiger partial charge in [-0.1, -0.05) is 19.8 Å². The number of hydrogen-bond acceptors (Lipinski definition) is 3. The molecular weight excluding hydrogens is 345 g/mol. The number of ether oxygens (including phenoxy) is 1. The number of nitrogens with zero attached hydrogens (tertiary/aromatic N) is 1. The van der Waals surface area contributed by atoms with Crippen molar-refractivity contribution in [3.05, 3.63) is 0 Å². The lowest BCUT2D eigenvalue weighted by molar-refractivity contribution is -0.140. The highest BCUT2D eigenvalue weighted by Gasteiger charge is 1.98. The van der Waals surface area contributed by atoms with E-state index in [0.29, 0.717) is 18.9 Å². The molecule has 108 valence electrons. The molecule has 18 heavy (non-hydrogen) atoms. The van der Waals surface area contributed by atoms with Gasteiger partial charge in [0.15, 0.2) is 5.96 Å². The smallest absolute Gasteiger partial charge is 0.305 e. The van der Waals surface area contributed by atoms with Crippen molar-refractivity contribution in [1.29, 1.82) is 0 Å². The molecule has 0 amide bonds. The number of carbonyl (C=O) groups is 1. The van der Waals surface area contributed by atoms with Gasteiger partial charge in [-0.15, -0.1) is 24.0 Å². The topological polar surface area (TPSA) is 76.7 Å². The van der Waals surface area contributed by atoms with Crippen molar-refractivity contribution in [3.8, 4) is 0 Å². The van der Waals surface area contributed by atoms with Crippen LogP contribution >= 0.6 is 24.0 Å². The fraction of sp³-hybridized carbons (Fsp3) is 0.833. The fourth-order valence-electron chi connectivity index (χ4n) is 1.31. The maximum Gasteiger partial charge on any atom is 0.305 e. The van der Waals surface area contributed by atoms with Crippen LogP contribution in [-0.4, -0.2) is 32.1 Å². The number of carbonyl (C=O) groups excluding carboxylic acids is 1. The summed E-state index contributed by atoms with van der Waals surface area (Å²) in [6, 6.07) is 0. The lowest BCUT2D eigenvalue weighted by Crippen LogP contribution is -2.32. The molecule has 0 saturated carbocycles. The molecule has 0 radical (unpaired) electrons. The van der Waals surface area contributed by atoms with Crippen molar-refractivity contribution in [3.63, 3.8) is 0 Å². The van der Waals surface area contributed by atoms with Crippen LogP contribution in [0.15, 0.2) is 4.99 Å². The Kier molecular flexibility index (Phi) is 16.0. The number of halogens is 1. The first kappa shape index (κ1) is 19.8. The van der Waals surface area contributed by atoms with Crippen LogP contribution in [-0.2, 0) is 9.53 Å². The highest BCUT2D eigenvalue weighted by atomic mass is 127. The van der Waals surface area contributed by atoms with Gasteiger partial charge in [0.25, 0.3) is 0 Å². The zero-order chi connectivity index (χ0) is 12.9. The molecule has 3 N–H and O–H groups in total. The van der Waals surface area contributed by atoms with Crippen molar-refractivity contribution in [2.45, 2.75) is 45.4 Å². The number of hydrogen-bond donors (Lipinski definition) is 2. The molecule has 0 unspecified atom stereocenters. The van der Waals surface area contributed by atoms with E-state index in [1.165, 1.54) is 7.11 Å². The Morgan fingerprint density at radius 3 is 2.61 bits per heavy atom. The summed E-state index contributed by atoms with van der Waals surface area (Å²) in [6.07, 6.45) is 5.52. The second-order valence-corrected chi connectivity index (χ2v) is 3.93. The largest absolute Gasteiger partial charge is 0.469 e. The van der Waals surface area contributed by atoms with E-state index in [2.05, 4.69) is 22.0 Å². The molecular formula is C12H26IN3O2. The molecule has 0 aliphatic carbocycles. The summed E-state index contributed by atoms with van der Waals surface area (Å²) in [4.78, 5) is 15.0. The van der Waals surface area contributed by atoms with Gasteiger partial charge in [-0.3, -0.25) is 9.79 Å². The van der Waals surface area contributed by atoms with Crippen molar-refractivity contribution in [1.82, 2.24) is 5.32 Å².